The van der Waals surface area contributed by atoms with Gasteiger partial charge in [0.25, 0.3) is 0 Å². The van der Waals surface area contributed by atoms with Crippen molar-refractivity contribution < 1.29 is 18.3 Å². The third-order valence-electron chi connectivity index (χ3n) is 5.68. The molecule has 1 saturated heterocycles. The van der Waals surface area contributed by atoms with Crippen molar-refractivity contribution in [2.24, 2.45) is 0 Å². The third kappa shape index (κ3) is 6.82. The molecule has 8 heteroatoms. The predicted octanol–water partition coefficient (Wildman–Crippen LogP) is 3.17. The van der Waals surface area contributed by atoms with Gasteiger partial charge in [0.2, 0.25) is 5.91 Å². The van der Waals surface area contributed by atoms with E-state index >= 15 is 0 Å². The van der Waals surface area contributed by atoms with E-state index in [0.29, 0.717) is 34.7 Å². The fourth-order valence-corrected chi connectivity index (χ4v) is 3.81. The lowest BCUT2D eigenvalue weighted by molar-refractivity contribution is -0.120. The highest BCUT2D eigenvalue weighted by Crippen LogP contribution is 2.26. The normalized spacial score (nSPS) is 14.1. The van der Waals surface area contributed by atoms with Crippen molar-refractivity contribution in [3.63, 3.8) is 0 Å². The van der Waals surface area contributed by atoms with Gasteiger partial charge in [0.15, 0.2) is 0 Å². The minimum absolute atomic E-state index is 0.0813. The fraction of sp³-hybridized carbons (Fsp3) is 0.308. The maximum atomic E-state index is 14.7. The monoisotopic (exact) mass is 466 g/mol. The van der Waals surface area contributed by atoms with Gasteiger partial charge in [-0.25, -0.2) is 8.78 Å². The summed E-state index contributed by atoms with van der Waals surface area (Å²) in [5, 5.41) is 6.06. The molecule has 0 unspecified atom stereocenters. The van der Waals surface area contributed by atoms with Gasteiger partial charge < -0.3 is 15.4 Å². The number of halogens is 2. The number of nitrogens with zero attached hydrogens (tertiary/aromatic N) is 2. The van der Waals surface area contributed by atoms with Crippen LogP contribution in [-0.2, 0) is 17.8 Å². The average molecular weight is 467 g/mol. The van der Waals surface area contributed by atoms with Crippen LogP contribution >= 0.6 is 0 Å². The van der Waals surface area contributed by atoms with Crippen molar-refractivity contribution in [3.8, 4) is 16.9 Å². The highest BCUT2D eigenvalue weighted by molar-refractivity contribution is 5.78. The molecule has 1 aliphatic rings. The molecule has 0 spiro atoms. The maximum Gasteiger partial charge on any atom is 0.226 e. The first-order valence-corrected chi connectivity index (χ1v) is 11.4. The average Bonchev–Trinajstić information content (AvgIpc) is 2.84. The van der Waals surface area contributed by atoms with E-state index < -0.39 is 0 Å². The highest BCUT2D eigenvalue weighted by Gasteiger charge is 2.11. The summed E-state index contributed by atoms with van der Waals surface area (Å²) in [6, 6.07) is 14.3. The predicted molar refractivity (Wildman–Crippen MR) is 126 cm³/mol. The van der Waals surface area contributed by atoms with Gasteiger partial charge in [-0.2, -0.15) is 0 Å². The number of hydrogen-bond acceptors (Lipinski definition) is 5. The number of ether oxygens (including phenoxy) is 1. The van der Waals surface area contributed by atoms with Gasteiger partial charge in [-0.1, -0.05) is 18.2 Å². The van der Waals surface area contributed by atoms with Gasteiger partial charge in [-0.15, -0.1) is 0 Å². The van der Waals surface area contributed by atoms with Gasteiger partial charge in [-0.3, -0.25) is 14.7 Å². The van der Waals surface area contributed by atoms with Crippen molar-refractivity contribution >= 4 is 5.91 Å². The minimum atomic E-state index is -0.387. The fourth-order valence-electron chi connectivity index (χ4n) is 3.81. The summed E-state index contributed by atoms with van der Waals surface area (Å²) in [6.07, 6.45) is 1.64. The maximum absolute atomic E-state index is 14.7. The van der Waals surface area contributed by atoms with E-state index in [-0.39, 0.29) is 30.5 Å². The summed E-state index contributed by atoms with van der Waals surface area (Å²) >= 11 is 0. The SMILES string of the molecule is O=C(Cc1ccc(-c2ccc(OCCN3CCNCC3)cc2F)cn1)NCc1cccc(F)c1. The Balaban J connectivity index is 1.28. The van der Waals surface area contributed by atoms with Crippen LogP contribution in [0.1, 0.15) is 11.3 Å². The molecule has 0 radical (unpaired) electrons. The largest absolute Gasteiger partial charge is 0.492 e. The molecular formula is C26H28F2N4O2. The van der Waals surface area contributed by atoms with Gasteiger partial charge in [0.1, 0.15) is 24.0 Å². The number of benzene rings is 2. The lowest BCUT2D eigenvalue weighted by Crippen LogP contribution is -2.44. The number of nitrogens with one attached hydrogen (secondary N) is 2. The highest BCUT2D eigenvalue weighted by atomic mass is 19.1. The number of rotatable bonds is 9. The summed E-state index contributed by atoms with van der Waals surface area (Å²) in [7, 11) is 0. The zero-order valence-corrected chi connectivity index (χ0v) is 18.9. The summed E-state index contributed by atoms with van der Waals surface area (Å²) in [5.74, 6) is -0.456. The Hall–Kier alpha value is -3.36. The minimum Gasteiger partial charge on any atom is -0.492 e. The Bertz CT molecular complexity index is 1100. The Labute approximate surface area is 198 Å². The van der Waals surface area contributed by atoms with Crippen LogP contribution in [0.4, 0.5) is 8.78 Å². The van der Waals surface area contributed by atoms with Crippen LogP contribution in [0.5, 0.6) is 5.75 Å². The smallest absolute Gasteiger partial charge is 0.226 e. The molecule has 2 heterocycles. The summed E-state index contributed by atoms with van der Waals surface area (Å²) < 4.78 is 33.7. The lowest BCUT2D eigenvalue weighted by atomic mass is 10.1. The van der Waals surface area contributed by atoms with Crippen LogP contribution in [0.25, 0.3) is 11.1 Å². The van der Waals surface area contributed by atoms with Crippen LogP contribution in [0.3, 0.4) is 0 Å². The zero-order chi connectivity index (χ0) is 23.8. The van der Waals surface area contributed by atoms with E-state index in [0.717, 1.165) is 32.7 Å². The molecule has 2 N–H and O–H groups in total. The Kier molecular flexibility index (Phi) is 8.17. The summed E-state index contributed by atoms with van der Waals surface area (Å²) in [4.78, 5) is 18.8. The van der Waals surface area contributed by atoms with Crippen LogP contribution in [0.15, 0.2) is 60.8 Å². The molecule has 178 valence electrons. The second-order valence-corrected chi connectivity index (χ2v) is 8.20. The molecule has 1 amide bonds. The number of hydrogen-bond donors (Lipinski definition) is 2. The second-order valence-electron chi connectivity index (χ2n) is 8.20. The molecule has 0 bridgehead atoms. The van der Waals surface area contributed by atoms with Crippen LogP contribution in [0, 0.1) is 11.6 Å². The van der Waals surface area contributed by atoms with E-state index in [1.165, 1.54) is 18.2 Å². The molecule has 4 rings (SSSR count). The molecule has 0 aliphatic carbocycles. The first kappa shape index (κ1) is 23.8. The van der Waals surface area contributed by atoms with Crippen molar-refractivity contribution in [2.75, 3.05) is 39.3 Å². The Morgan fingerprint density at radius 1 is 1.09 bits per heavy atom. The van der Waals surface area contributed by atoms with Crippen molar-refractivity contribution in [2.45, 2.75) is 13.0 Å². The lowest BCUT2D eigenvalue weighted by Gasteiger charge is -2.26. The molecule has 0 saturated carbocycles. The summed E-state index contributed by atoms with van der Waals surface area (Å²) in [5.41, 5.74) is 2.29. The van der Waals surface area contributed by atoms with Crippen molar-refractivity contribution in [3.05, 3.63) is 83.7 Å². The molecule has 1 fully saturated rings. The molecule has 0 atom stereocenters. The summed E-state index contributed by atoms with van der Waals surface area (Å²) in [6.45, 7) is 5.51. The first-order valence-electron chi connectivity index (χ1n) is 11.4. The van der Waals surface area contributed by atoms with E-state index in [2.05, 4.69) is 20.5 Å². The van der Waals surface area contributed by atoms with E-state index in [1.54, 1.807) is 42.6 Å². The van der Waals surface area contributed by atoms with E-state index in [1.807, 2.05) is 0 Å². The van der Waals surface area contributed by atoms with Crippen LogP contribution in [-0.4, -0.2) is 55.1 Å². The molecular weight excluding hydrogens is 438 g/mol. The van der Waals surface area contributed by atoms with E-state index in [4.69, 9.17) is 4.74 Å². The van der Waals surface area contributed by atoms with Crippen molar-refractivity contribution in [1.82, 2.24) is 20.5 Å². The molecule has 3 aromatic rings. The van der Waals surface area contributed by atoms with Gasteiger partial charge in [0, 0.05) is 68.4 Å². The van der Waals surface area contributed by atoms with Gasteiger partial charge in [0.05, 0.1) is 6.42 Å². The molecule has 2 aromatic carbocycles. The van der Waals surface area contributed by atoms with Gasteiger partial charge >= 0.3 is 0 Å². The standard InChI is InChI=1S/C26H28F2N4O2/c27-21-3-1-2-19(14-21)17-31-26(33)15-22-5-4-20(18-30-22)24-7-6-23(16-25(24)28)34-13-12-32-10-8-29-9-11-32/h1-7,14,16,18,29H,8-13,15,17H2,(H,31,33). The number of amides is 1. The van der Waals surface area contributed by atoms with Crippen LogP contribution in [0.2, 0.25) is 0 Å². The molecule has 6 nitrogen and oxygen atoms in total. The molecule has 34 heavy (non-hydrogen) atoms. The number of carbonyl (C=O) groups is 1. The topological polar surface area (TPSA) is 66.5 Å². The van der Waals surface area contributed by atoms with Crippen molar-refractivity contribution in [1.29, 1.82) is 0 Å². The van der Waals surface area contributed by atoms with Crippen LogP contribution < -0.4 is 15.4 Å². The second kappa shape index (κ2) is 11.7. The Morgan fingerprint density at radius 2 is 1.94 bits per heavy atom. The Morgan fingerprint density at radius 3 is 2.68 bits per heavy atom. The third-order valence-corrected chi connectivity index (χ3v) is 5.68. The number of carbonyl (C=O) groups excluding carboxylic acids is 1. The number of piperazine rings is 1. The van der Waals surface area contributed by atoms with Gasteiger partial charge in [-0.05, 0) is 35.9 Å². The molecule has 1 aliphatic heterocycles. The first-order chi connectivity index (χ1) is 16.6. The zero-order valence-electron chi connectivity index (χ0n) is 18.9. The molecule has 1 aromatic heterocycles. The van der Waals surface area contributed by atoms with E-state index in [9.17, 15) is 13.6 Å². The number of aromatic nitrogens is 1. The quantitative estimate of drug-likeness (QED) is 0.507. The number of pyridine rings is 1.